The van der Waals surface area contributed by atoms with E-state index in [-0.39, 0.29) is 17.3 Å². The van der Waals surface area contributed by atoms with Gasteiger partial charge < -0.3 is 9.84 Å². The number of halogens is 1. The van der Waals surface area contributed by atoms with Crippen LogP contribution in [0.25, 0.3) is 11.8 Å². The van der Waals surface area contributed by atoms with Crippen molar-refractivity contribution in [1.82, 2.24) is 9.78 Å². The molecule has 0 fully saturated rings. The summed E-state index contributed by atoms with van der Waals surface area (Å²) in [6.07, 6.45) is 4.51. The van der Waals surface area contributed by atoms with Gasteiger partial charge in [0.25, 0.3) is 0 Å². The number of ketones is 1. The largest absolute Gasteiger partial charge is 0.504 e. The summed E-state index contributed by atoms with van der Waals surface area (Å²) in [6.45, 7) is 1.77. The maximum absolute atomic E-state index is 13.1. The van der Waals surface area contributed by atoms with E-state index in [1.165, 1.54) is 37.6 Å². The molecule has 0 atom stereocenters. The van der Waals surface area contributed by atoms with Gasteiger partial charge in [-0.25, -0.2) is 9.07 Å². The Labute approximate surface area is 150 Å². The molecule has 0 spiro atoms. The summed E-state index contributed by atoms with van der Waals surface area (Å²) >= 11 is 0. The predicted molar refractivity (Wildman–Crippen MR) is 96.3 cm³/mol. The summed E-state index contributed by atoms with van der Waals surface area (Å²) in [5, 5.41) is 14.0. The Bertz CT molecular complexity index is 975. The van der Waals surface area contributed by atoms with Crippen LogP contribution in [-0.4, -0.2) is 27.8 Å². The maximum atomic E-state index is 13.1. The molecule has 0 saturated carbocycles. The van der Waals surface area contributed by atoms with Crippen LogP contribution in [0.5, 0.6) is 11.5 Å². The molecule has 3 rings (SSSR count). The van der Waals surface area contributed by atoms with Crippen LogP contribution < -0.4 is 4.74 Å². The Morgan fingerprint density at radius 2 is 1.96 bits per heavy atom. The third kappa shape index (κ3) is 3.49. The number of hydrogen-bond donors (Lipinski definition) is 1. The van der Waals surface area contributed by atoms with E-state index < -0.39 is 0 Å². The third-order valence-corrected chi connectivity index (χ3v) is 3.98. The van der Waals surface area contributed by atoms with Crippen molar-refractivity contribution in [2.24, 2.45) is 0 Å². The molecule has 26 heavy (non-hydrogen) atoms. The van der Waals surface area contributed by atoms with Gasteiger partial charge in [-0.05, 0) is 55.0 Å². The minimum absolute atomic E-state index is 0.00223. The van der Waals surface area contributed by atoms with Gasteiger partial charge >= 0.3 is 0 Å². The molecule has 0 amide bonds. The molecular weight excluding hydrogens is 335 g/mol. The first-order chi connectivity index (χ1) is 12.5. The van der Waals surface area contributed by atoms with Crippen molar-refractivity contribution in [2.45, 2.75) is 6.92 Å². The van der Waals surface area contributed by atoms with Gasteiger partial charge in [-0.3, -0.25) is 4.79 Å². The van der Waals surface area contributed by atoms with Gasteiger partial charge in [-0.2, -0.15) is 5.10 Å². The maximum Gasteiger partial charge on any atom is 0.189 e. The van der Waals surface area contributed by atoms with Crippen molar-refractivity contribution in [1.29, 1.82) is 0 Å². The number of aromatic hydroxyl groups is 1. The first-order valence-corrected chi connectivity index (χ1v) is 7.89. The van der Waals surface area contributed by atoms with Crippen molar-refractivity contribution >= 4 is 11.9 Å². The molecule has 3 aromatic rings. The number of methoxy groups -OCH3 is 1. The van der Waals surface area contributed by atoms with Gasteiger partial charge in [-0.1, -0.05) is 12.1 Å². The number of allylic oxidation sites excluding steroid dienone is 1. The van der Waals surface area contributed by atoms with Crippen molar-refractivity contribution in [2.75, 3.05) is 7.11 Å². The van der Waals surface area contributed by atoms with Crippen LogP contribution >= 0.6 is 0 Å². The molecule has 0 saturated heterocycles. The van der Waals surface area contributed by atoms with E-state index in [1.54, 1.807) is 41.9 Å². The Morgan fingerprint density at radius 3 is 2.62 bits per heavy atom. The number of nitrogens with zero attached hydrogens (tertiary/aromatic N) is 2. The Kier molecular flexibility index (Phi) is 4.84. The third-order valence-electron chi connectivity index (χ3n) is 3.98. The van der Waals surface area contributed by atoms with Crippen molar-refractivity contribution in [3.05, 3.63) is 77.4 Å². The van der Waals surface area contributed by atoms with Crippen LogP contribution in [0.1, 0.15) is 21.6 Å². The van der Waals surface area contributed by atoms with E-state index in [0.717, 1.165) is 0 Å². The summed E-state index contributed by atoms with van der Waals surface area (Å²) in [5.74, 6) is -0.181. The zero-order valence-electron chi connectivity index (χ0n) is 14.3. The van der Waals surface area contributed by atoms with Gasteiger partial charge in [0, 0.05) is 0 Å². The lowest BCUT2D eigenvalue weighted by Gasteiger charge is -2.04. The molecule has 1 aromatic heterocycles. The second kappa shape index (κ2) is 7.23. The van der Waals surface area contributed by atoms with Crippen LogP contribution in [0.2, 0.25) is 0 Å². The first-order valence-electron chi connectivity index (χ1n) is 7.89. The summed E-state index contributed by atoms with van der Waals surface area (Å²) in [7, 11) is 1.47. The number of ether oxygens (including phenoxy) is 1. The van der Waals surface area contributed by atoms with Gasteiger partial charge in [0.15, 0.2) is 17.3 Å². The Hall–Kier alpha value is -3.41. The Balaban J connectivity index is 1.82. The number of phenols is 1. The molecule has 5 nitrogen and oxygen atoms in total. The number of carbonyl (C=O) groups is 1. The second-order valence-corrected chi connectivity index (χ2v) is 5.66. The van der Waals surface area contributed by atoms with Crippen LogP contribution in [0.15, 0.2) is 54.7 Å². The average Bonchev–Trinajstić information content (AvgIpc) is 3.02. The SMILES string of the molecule is COc1ccc(C=CC(=O)c2cnn(-c3ccc(F)cc3)c2C)cc1O. The summed E-state index contributed by atoms with van der Waals surface area (Å²) < 4.78 is 19.6. The van der Waals surface area contributed by atoms with E-state index in [4.69, 9.17) is 4.74 Å². The van der Waals surface area contributed by atoms with E-state index >= 15 is 0 Å². The monoisotopic (exact) mass is 352 g/mol. The smallest absolute Gasteiger partial charge is 0.189 e. The summed E-state index contributed by atoms with van der Waals surface area (Å²) in [4.78, 5) is 12.5. The molecule has 6 heteroatoms. The van der Waals surface area contributed by atoms with Gasteiger partial charge in [0.2, 0.25) is 0 Å². The predicted octanol–water partition coefficient (Wildman–Crippen LogP) is 3.93. The summed E-state index contributed by atoms with van der Waals surface area (Å²) in [6, 6.07) is 10.7. The highest BCUT2D eigenvalue weighted by atomic mass is 19.1. The van der Waals surface area contributed by atoms with Crippen molar-refractivity contribution in [3.8, 4) is 17.2 Å². The zero-order chi connectivity index (χ0) is 18.7. The lowest BCUT2D eigenvalue weighted by molar-refractivity contribution is 0.104. The van der Waals surface area contributed by atoms with Crippen LogP contribution in [0.4, 0.5) is 4.39 Å². The van der Waals surface area contributed by atoms with Crippen LogP contribution in [0.3, 0.4) is 0 Å². The van der Waals surface area contributed by atoms with Crippen molar-refractivity contribution in [3.63, 3.8) is 0 Å². The number of hydrogen-bond acceptors (Lipinski definition) is 4. The molecule has 0 bridgehead atoms. The number of benzene rings is 2. The summed E-state index contributed by atoms with van der Waals surface area (Å²) in [5.41, 5.74) is 2.44. The van der Waals surface area contributed by atoms with Gasteiger partial charge in [0.05, 0.1) is 30.3 Å². The van der Waals surface area contributed by atoms with E-state index in [0.29, 0.717) is 28.3 Å². The molecule has 0 aliphatic carbocycles. The highest BCUT2D eigenvalue weighted by Crippen LogP contribution is 2.26. The molecule has 0 aliphatic rings. The average molecular weight is 352 g/mol. The van der Waals surface area contributed by atoms with Crippen LogP contribution in [0, 0.1) is 12.7 Å². The van der Waals surface area contributed by atoms with E-state index in [1.807, 2.05) is 0 Å². The fourth-order valence-electron chi connectivity index (χ4n) is 2.57. The number of carbonyl (C=O) groups excluding carboxylic acids is 1. The van der Waals surface area contributed by atoms with Crippen molar-refractivity contribution < 1.29 is 19.0 Å². The van der Waals surface area contributed by atoms with Gasteiger partial charge in [-0.15, -0.1) is 0 Å². The lowest BCUT2D eigenvalue weighted by atomic mass is 10.1. The quantitative estimate of drug-likeness (QED) is 0.558. The van der Waals surface area contributed by atoms with E-state index in [9.17, 15) is 14.3 Å². The lowest BCUT2D eigenvalue weighted by Crippen LogP contribution is -2.01. The number of rotatable bonds is 5. The second-order valence-electron chi connectivity index (χ2n) is 5.66. The molecule has 1 N–H and O–H groups in total. The molecule has 1 heterocycles. The minimum atomic E-state index is -0.333. The number of aromatic nitrogens is 2. The molecule has 132 valence electrons. The molecule has 0 radical (unpaired) electrons. The van der Waals surface area contributed by atoms with Gasteiger partial charge in [0.1, 0.15) is 5.82 Å². The molecule has 0 unspecified atom stereocenters. The molecule has 0 aliphatic heterocycles. The highest BCUT2D eigenvalue weighted by molar-refractivity contribution is 6.07. The topological polar surface area (TPSA) is 64.3 Å². The number of phenolic OH excluding ortho intramolecular Hbond substituents is 1. The fourth-order valence-corrected chi connectivity index (χ4v) is 2.57. The standard InChI is InChI=1S/C20H17FN2O3/c1-13-17(12-22-23(13)16-7-5-15(21)6-8-16)18(24)9-3-14-4-10-20(26-2)19(25)11-14/h3-12,25H,1-2H3. The minimum Gasteiger partial charge on any atom is -0.504 e. The zero-order valence-corrected chi connectivity index (χ0v) is 14.3. The fraction of sp³-hybridized carbons (Fsp3) is 0.100. The normalized spacial score (nSPS) is 11.0. The molecule has 2 aromatic carbocycles. The first kappa shape index (κ1) is 17.4. The van der Waals surface area contributed by atoms with Crippen LogP contribution in [-0.2, 0) is 0 Å². The highest BCUT2D eigenvalue weighted by Gasteiger charge is 2.13. The Morgan fingerprint density at radius 1 is 1.23 bits per heavy atom. The van der Waals surface area contributed by atoms with E-state index in [2.05, 4.69) is 5.10 Å². The molecular formula is C20H17FN2O3.